The molecule has 0 aromatic heterocycles. The molecular weight excluding hydrogens is 343 g/mol. The zero-order chi connectivity index (χ0) is 19.2. The molecule has 7 heteroatoms. The highest BCUT2D eigenvalue weighted by Gasteiger charge is 2.39. The number of likely N-dealkylation sites (tertiary alicyclic amines) is 1. The van der Waals surface area contributed by atoms with Gasteiger partial charge in [0.15, 0.2) is 0 Å². The first-order valence-corrected chi connectivity index (χ1v) is 8.52. The smallest absolute Gasteiger partial charge is 0.418 e. The van der Waals surface area contributed by atoms with Gasteiger partial charge < -0.3 is 17.3 Å². The van der Waals surface area contributed by atoms with Crippen molar-refractivity contribution in [1.29, 1.82) is 0 Å². The van der Waals surface area contributed by atoms with Gasteiger partial charge in [-0.15, -0.1) is 0 Å². The predicted molar refractivity (Wildman–Crippen MR) is 97.8 cm³/mol. The molecule has 0 saturated carbocycles. The fourth-order valence-electron chi connectivity index (χ4n) is 3.29. The molecule has 1 aliphatic rings. The zero-order valence-corrected chi connectivity index (χ0v) is 14.9. The van der Waals surface area contributed by atoms with Crippen LogP contribution >= 0.6 is 0 Å². The van der Waals surface area contributed by atoms with Gasteiger partial charge in [-0.2, -0.15) is 0 Å². The maximum Gasteiger partial charge on any atom is 0.673 e. The maximum absolute atomic E-state index is 9.75. The molecule has 2 nitrogen and oxygen atoms in total. The highest BCUT2D eigenvalue weighted by molar-refractivity contribution is 6.50. The number of hydrogen-bond donors (Lipinski definition) is 0. The van der Waals surface area contributed by atoms with Gasteiger partial charge in [0, 0.05) is 0 Å². The minimum Gasteiger partial charge on any atom is -0.418 e. The van der Waals surface area contributed by atoms with E-state index in [2.05, 4.69) is 90.6 Å². The molecule has 26 heavy (non-hydrogen) atoms. The second-order valence-corrected chi connectivity index (χ2v) is 6.45. The minimum absolute atomic E-state index is 0.471. The van der Waals surface area contributed by atoms with E-state index in [1.807, 2.05) is 0 Å². The van der Waals surface area contributed by atoms with Crippen molar-refractivity contribution < 1.29 is 21.8 Å². The van der Waals surface area contributed by atoms with Crippen LogP contribution in [0, 0.1) is 0 Å². The van der Waals surface area contributed by atoms with E-state index in [0.29, 0.717) is 12.1 Å². The third-order valence-electron chi connectivity index (χ3n) is 4.17. The SMILES string of the molecule is C[N+](C)=CN1[C@@H](c2ccccc2)CC[C@@H]1c1ccccc1.F[B-](F)(F)F. The summed E-state index contributed by atoms with van der Waals surface area (Å²) in [6.07, 6.45) is 4.66. The highest BCUT2D eigenvalue weighted by Crippen LogP contribution is 2.42. The molecular formula is C19H23BF4N2. The largest absolute Gasteiger partial charge is 0.673 e. The molecule has 0 N–H and O–H groups in total. The van der Waals surface area contributed by atoms with Gasteiger partial charge in [-0.1, -0.05) is 60.7 Å². The van der Waals surface area contributed by atoms with Gasteiger partial charge in [0.05, 0.1) is 14.1 Å². The molecule has 140 valence electrons. The van der Waals surface area contributed by atoms with E-state index in [1.165, 1.54) is 24.0 Å². The van der Waals surface area contributed by atoms with Crippen LogP contribution in [0.2, 0.25) is 0 Å². The lowest BCUT2D eigenvalue weighted by Crippen LogP contribution is -2.28. The summed E-state index contributed by atoms with van der Waals surface area (Å²) in [6, 6.07) is 22.7. The summed E-state index contributed by atoms with van der Waals surface area (Å²) in [7, 11) is -1.80. The Morgan fingerprint density at radius 2 is 1.15 bits per heavy atom. The number of rotatable bonds is 3. The molecule has 0 unspecified atom stereocenters. The Kier molecular flexibility index (Phi) is 6.83. The summed E-state index contributed by atoms with van der Waals surface area (Å²) in [5, 5.41) is 0. The molecule has 2 atom stereocenters. The molecule has 2 aromatic carbocycles. The quantitative estimate of drug-likeness (QED) is 0.239. The number of benzene rings is 2. The average Bonchev–Trinajstić information content (AvgIpc) is 2.98. The number of nitrogens with zero attached hydrogens (tertiary/aromatic N) is 2. The van der Waals surface area contributed by atoms with Crippen LogP contribution in [-0.4, -0.2) is 37.2 Å². The van der Waals surface area contributed by atoms with Crippen molar-refractivity contribution >= 4 is 13.6 Å². The van der Waals surface area contributed by atoms with Crippen molar-refractivity contribution in [3.05, 3.63) is 71.8 Å². The molecule has 0 aliphatic carbocycles. The molecule has 1 heterocycles. The van der Waals surface area contributed by atoms with Crippen LogP contribution in [0.15, 0.2) is 60.7 Å². The Hall–Kier alpha value is -2.31. The van der Waals surface area contributed by atoms with E-state index in [-0.39, 0.29) is 0 Å². The molecule has 1 aliphatic heterocycles. The summed E-state index contributed by atoms with van der Waals surface area (Å²) in [5.41, 5.74) is 2.82. The van der Waals surface area contributed by atoms with Crippen molar-refractivity contribution in [2.24, 2.45) is 0 Å². The Morgan fingerprint density at radius 1 is 0.808 bits per heavy atom. The van der Waals surface area contributed by atoms with Crippen molar-refractivity contribution in [3.8, 4) is 0 Å². The van der Waals surface area contributed by atoms with Gasteiger partial charge in [-0.3, -0.25) is 9.48 Å². The Balaban J connectivity index is 0.000000431. The second kappa shape index (κ2) is 8.87. The average molecular weight is 366 g/mol. The van der Waals surface area contributed by atoms with Crippen LogP contribution in [0.25, 0.3) is 0 Å². The van der Waals surface area contributed by atoms with Crippen molar-refractivity contribution in [2.45, 2.75) is 24.9 Å². The Morgan fingerprint density at radius 3 is 1.46 bits per heavy atom. The van der Waals surface area contributed by atoms with Crippen LogP contribution in [0.4, 0.5) is 17.3 Å². The summed E-state index contributed by atoms with van der Waals surface area (Å²) >= 11 is 0. The maximum atomic E-state index is 9.75. The Labute approximate surface area is 151 Å². The van der Waals surface area contributed by atoms with Gasteiger partial charge in [0.25, 0.3) is 0 Å². The van der Waals surface area contributed by atoms with Gasteiger partial charge >= 0.3 is 7.25 Å². The lowest BCUT2D eigenvalue weighted by atomic mass is 10.0. The standard InChI is InChI=1S/C19H23N2.BF4/c1-20(2)15-21-18(16-9-5-3-6-10-16)13-14-19(21)17-11-7-4-8-12-17;2-1(3,4)5/h3-12,15,18-19H,13-14H2,1-2H3;/q+1;-1/t18-,19-;/m1./s1. The topological polar surface area (TPSA) is 6.25 Å². The minimum atomic E-state index is -6.00. The molecule has 0 bridgehead atoms. The fourth-order valence-corrected chi connectivity index (χ4v) is 3.29. The Bertz CT molecular complexity index is 647. The molecule has 1 fully saturated rings. The summed E-state index contributed by atoms with van der Waals surface area (Å²) in [6.45, 7) is 0. The molecule has 3 rings (SSSR count). The van der Waals surface area contributed by atoms with E-state index in [0.717, 1.165) is 0 Å². The molecule has 0 radical (unpaired) electrons. The third kappa shape index (κ3) is 6.21. The van der Waals surface area contributed by atoms with Crippen LogP contribution < -0.4 is 0 Å². The first-order chi connectivity index (χ1) is 12.3. The lowest BCUT2D eigenvalue weighted by molar-refractivity contribution is -0.465. The van der Waals surface area contributed by atoms with E-state index in [4.69, 9.17) is 0 Å². The molecule has 2 aromatic rings. The molecule has 0 amide bonds. The van der Waals surface area contributed by atoms with E-state index in [1.54, 1.807) is 0 Å². The van der Waals surface area contributed by atoms with E-state index < -0.39 is 7.25 Å². The predicted octanol–water partition coefficient (Wildman–Crippen LogP) is 5.17. The summed E-state index contributed by atoms with van der Waals surface area (Å²) < 4.78 is 41.2. The summed E-state index contributed by atoms with van der Waals surface area (Å²) in [4.78, 5) is 2.52. The first kappa shape index (κ1) is 20.0. The van der Waals surface area contributed by atoms with Crippen molar-refractivity contribution in [3.63, 3.8) is 0 Å². The third-order valence-corrected chi connectivity index (χ3v) is 4.17. The van der Waals surface area contributed by atoms with Crippen LogP contribution in [0.3, 0.4) is 0 Å². The van der Waals surface area contributed by atoms with Crippen molar-refractivity contribution in [1.82, 2.24) is 4.90 Å². The van der Waals surface area contributed by atoms with Gasteiger partial charge in [-0.05, 0) is 24.0 Å². The molecule has 1 saturated heterocycles. The molecule has 0 spiro atoms. The van der Waals surface area contributed by atoms with E-state index >= 15 is 0 Å². The summed E-state index contributed by atoms with van der Waals surface area (Å²) in [5.74, 6) is 0. The van der Waals surface area contributed by atoms with Gasteiger partial charge in [0.2, 0.25) is 6.34 Å². The highest BCUT2D eigenvalue weighted by atomic mass is 19.5. The zero-order valence-electron chi connectivity index (χ0n) is 14.9. The normalized spacial score (nSPS) is 19.5. The van der Waals surface area contributed by atoms with Crippen LogP contribution in [-0.2, 0) is 0 Å². The fraction of sp³-hybridized carbons (Fsp3) is 0.316. The second-order valence-electron chi connectivity index (χ2n) is 6.45. The number of hydrogen-bond acceptors (Lipinski definition) is 0. The van der Waals surface area contributed by atoms with Crippen LogP contribution in [0.5, 0.6) is 0 Å². The van der Waals surface area contributed by atoms with E-state index in [9.17, 15) is 17.3 Å². The van der Waals surface area contributed by atoms with Gasteiger partial charge in [-0.25, -0.2) is 0 Å². The lowest BCUT2D eigenvalue weighted by Gasteiger charge is -2.23. The van der Waals surface area contributed by atoms with Crippen molar-refractivity contribution in [2.75, 3.05) is 14.1 Å². The first-order valence-electron chi connectivity index (χ1n) is 8.52. The van der Waals surface area contributed by atoms with Gasteiger partial charge in [0.1, 0.15) is 12.1 Å². The number of halogens is 4. The monoisotopic (exact) mass is 366 g/mol. The van der Waals surface area contributed by atoms with Crippen LogP contribution in [0.1, 0.15) is 36.1 Å².